The molecule has 2 rings (SSSR count). The van der Waals surface area contributed by atoms with Gasteiger partial charge in [0.05, 0.1) is 15.8 Å². The number of halogens is 3. The number of hydrogen-bond donors (Lipinski definition) is 0. The summed E-state index contributed by atoms with van der Waals surface area (Å²) >= 11 is 17.7. The number of alkyl halides is 1. The Morgan fingerprint density at radius 1 is 1.33 bits per heavy atom. The van der Waals surface area contributed by atoms with Gasteiger partial charge in [-0.2, -0.15) is 4.31 Å². The van der Waals surface area contributed by atoms with Crippen LogP contribution in [-0.4, -0.2) is 30.9 Å². The van der Waals surface area contributed by atoms with Gasteiger partial charge in [-0.15, -0.1) is 11.6 Å². The van der Waals surface area contributed by atoms with E-state index in [1.165, 1.54) is 0 Å². The Kier molecular flexibility index (Phi) is 5.83. The van der Waals surface area contributed by atoms with E-state index in [1.54, 1.807) is 16.4 Å². The molecule has 1 heterocycles. The monoisotopic (exact) mass is 369 g/mol. The van der Waals surface area contributed by atoms with Crippen LogP contribution in [0.3, 0.4) is 0 Å². The van der Waals surface area contributed by atoms with E-state index in [9.17, 15) is 8.42 Å². The van der Waals surface area contributed by atoms with Crippen molar-refractivity contribution in [3.8, 4) is 0 Å². The first kappa shape index (κ1) is 17.4. The van der Waals surface area contributed by atoms with E-state index in [1.807, 2.05) is 13.0 Å². The second-order valence-corrected chi connectivity index (χ2v) is 8.57. The molecule has 0 spiro atoms. The Hall–Kier alpha value is -0.000000000000000222. The summed E-state index contributed by atoms with van der Waals surface area (Å²) in [4.78, 5) is 0. The zero-order valence-corrected chi connectivity index (χ0v) is 14.8. The van der Waals surface area contributed by atoms with Crippen LogP contribution in [0.1, 0.15) is 31.4 Å². The highest BCUT2D eigenvalue weighted by molar-refractivity contribution is 7.89. The standard InChI is InChI=1S/C14H18Cl3NO2S/c1-10(8-15)9-21(19,20)18-6-2-3-14(18)11-4-5-12(16)13(17)7-11/h4-5,7,10,14H,2-3,6,8-9H2,1H3. The van der Waals surface area contributed by atoms with Crippen LogP contribution in [0, 0.1) is 5.92 Å². The number of nitrogens with zero attached hydrogens (tertiary/aromatic N) is 1. The molecule has 1 saturated heterocycles. The van der Waals surface area contributed by atoms with Crippen molar-refractivity contribution in [1.82, 2.24) is 4.31 Å². The Labute approximate surface area is 141 Å². The minimum Gasteiger partial charge on any atom is -0.212 e. The Balaban J connectivity index is 2.25. The van der Waals surface area contributed by atoms with Crippen molar-refractivity contribution < 1.29 is 8.42 Å². The Morgan fingerprint density at radius 2 is 2.05 bits per heavy atom. The first-order chi connectivity index (χ1) is 9.85. The lowest BCUT2D eigenvalue weighted by atomic mass is 10.1. The minimum atomic E-state index is -3.32. The van der Waals surface area contributed by atoms with Gasteiger partial charge in [0, 0.05) is 18.5 Å². The fraction of sp³-hybridized carbons (Fsp3) is 0.571. The van der Waals surface area contributed by atoms with Crippen LogP contribution in [0.2, 0.25) is 10.0 Å². The largest absolute Gasteiger partial charge is 0.214 e. The molecule has 118 valence electrons. The summed E-state index contributed by atoms with van der Waals surface area (Å²) in [5.41, 5.74) is 0.893. The zero-order valence-electron chi connectivity index (χ0n) is 11.7. The summed E-state index contributed by atoms with van der Waals surface area (Å²) in [5.74, 6) is 0.352. The SMILES string of the molecule is CC(CCl)CS(=O)(=O)N1CCCC1c1ccc(Cl)c(Cl)c1. The van der Waals surface area contributed by atoms with Gasteiger partial charge in [-0.3, -0.25) is 0 Å². The lowest BCUT2D eigenvalue weighted by Crippen LogP contribution is -2.34. The number of rotatable bonds is 5. The predicted octanol–water partition coefficient (Wildman–Crippen LogP) is 4.34. The minimum absolute atomic E-state index is 0.0632. The van der Waals surface area contributed by atoms with E-state index in [0.717, 1.165) is 18.4 Å². The molecule has 0 amide bonds. The van der Waals surface area contributed by atoms with Crippen LogP contribution in [-0.2, 0) is 10.0 Å². The van der Waals surface area contributed by atoms with Crippen LogP contribution in [0.15, 0.2) is 18.2 Å². The summed E-state index contributed by atoms with van der Waals surface area (Å²) in [6, 6.07) is 5.15. The van der Waals surface area contributed by atoms with Gasteiger partial charge in [-0.25, -0.2) is 8.42 Å². The van der Waals surface area contributed by atoms with Crippen LogP contribution < -0.4 is 0 Å². The van der Waals surface area contributed by atoms with E-state index < -0.39 is 10.0 Å². The second-order valence-electron chi connectivity index (χ2n) is 5.48. The molecule has 0 N–H and O–H groups in total. The van der Waals surface area contributed by atoms with Crippen molar-refractivity contribution >= 4 is 44.8 Å². The maximum absolute atomic E-state index is 12.5. The quantitative estimate of drug-likeness (QED) is 0.723. The topological polar surface area (TPSA) is 37.4 Å². The Bertz CT molecular complexity index is 606. The van der Waals surface area contributed by atoms with Gasteiger partial charge in [0.15, 0.2) is 0 Å². The molecule has 1 aromatic rings. The maximum Gasteiger partial charge on any atom is 0.214 e. The molecule has 1 aromatic carbocycles. The molecule has 0 aromatic heterocycles. The van der Waals surface area contributed by atoms with Gasteiger partial charge in [0.1, 0.15) is 0 Å². The first-order valence-corrected chi connectivity index (χ1v) is 9.75. The van der Waals surface area contributed by atoms with Crippen LogP contribution in [0.4, 0.5) is 0 Å². The average Bonchev–Trinajstić information content (AvgIpc) is 2.91. The van der Waals surface area contributed by atoms with E-state index in [-0.39, 0.29) is 17.7 Å². The molecule has 7 heteroatoms. The third-order valence-corrected chi connectivity index (χ3v) is 7.06. The second kappa shape index (κ2) is 7.05. The molecule has 1 aliphatic rings. The summed E-state index contributed by atoms with van der Waals surface area (Å²) in [7, 11) is -3.32. The molecule has 3 nitrogen and oxygen atoms in total. The molecular weight excluding hydrogens is 353 g/mol. The summed E-state index contributed by atoms with van der Waals surface area (Å²) in [5, 5.41) is 0.927. The Morgan fingerprint density at radius 3 is 2.67 bits per heavy atom. The molecular formula is C14H18Cl3NO2S. The van der Waals surface area contributed by atoms with Gasteiger partial charge >= 0.3 is 0 Å². The van der Waals surface area contributed by atoms with Crippen molar-refractivity contribution in [2.75, 3.05) is 18.2 Å². The lowest BCUT2D eigenvalue weighted by Gasteiger charge is -2.25. The third-order valence-electron chi connectivity index (χ3n) is 3.65. The lowest BCUT2D eigenvalue weighted by molar-refractivity contribution is 0.393. The zero-order chi connectivity index (χ0) is 15.6. The molecule has 1 aliphatic heterocycles. The van der Waals surface area contributed by atoms with Crippen molar-refractivity contribution in [2.45, 2.75) is 25.8 Å². The summed E-state index contributed by atoms with van der Waals surface area (Å²) in [6.07, 6.45) is 1.64. The predicted molar refractivity (Wildman–Crippen MR) is 88.8 cm³/mol. The van der Waals surface area contributed by atoms with Gasteiger partial charge in [-0.1, -0.05) is 36.2 Å². The van der Waals surface area contributed by atoms with Crippen molar-refractivity contribution in [3.63, 3.8) is 0 Å². The molecule has 2 unspecified atom stereocenters. The fourth-order valence-electron chi connectivity index (χ4n) is 2.63. The van der Waals surface area contributed by atoms with Crippen molar-refractivity contribution in [1.29, 1.82) is 0 Å². The van der Waals surface area contributed by atoms with Gasteiger partial charge < -0.3 is 0 Å². The van der Waals surface area contributed by atoms with E-state index in [4.69, 9.17) is 34.8 Å². The molecule has 0 aliphatic carbocycles. The smallest absolute Gasteiger partial charge is 0.212 e. The molecule has 0 radical (unpaired) electrons. The normalized spacial score (nSPS) is 21.6. The number of benzene rings is 1. The first-order valence-electron chi connectivity index (χ1n) is 6.85. The summed E-state index contributed by atoms with van der Waals surface area (Å²) in [6.45, 7) is 2.39. The van der Waals surface area contributed by atoms with Gasteiger partial charge in [-0.05, 0) is 36.5 Å². The van der Waals surface area contributed by atoms with Gasteiger partial charge in [0.25, 0.3) is 0 Å². The molecule has 0 saturated carbocycles. The molecule has 0 bridgehead atoms. The highest BCUT2D eigenvalue weighted by Gasteiger charge is 2.35. The van der Waals surface area contributed by atoms with Crippen molar-refractivity contribution in [3.05, 3.63) is 33.8 Å². The van der Waals surface area contributed by atoms with Crippen LogP contribution >= 0.6 is 34.8 Å². The highest BCUT2D eigenvalue weighted by atomic mass is 35.5. The van der Waals surface area contributed by atoms with Crippen LogP contribution in [0.25, 0.3) is 0 Å². The number of hydrogen-bond acceptors (Lipinski definition) is 2. The van der Waals surface area contributed by atoms with E-state index in [0.29, 0.717) is 22.5 Å². The third kappa shape index (κ3) is 4.05. The number of sulfonamides is 1. The van der Waals surface area contributed by atoms with E-state index in [2.05, 4.69) is 0 Å². The molecule has 2 atom stereocenters. The van der Waals surface area contributed by atoms with Gasteiger partial charge in [0.2, 0.25) is 10.0 Å². The highest BCUT2D eigenvalue weighted by Crippen LogP contribution is 2.37. The maximum atomic E-state index is 12.5. The fourth-order valence-corrected chi connectivity index (χ4v) is 5.22. The average molecular weight is 371 g/mol. The van der Waals surface area contributed by atoms with E-state index >= 15 is 0 Å². The van der Waals surface area contributed by atoms with Crippen molar-refractivity contribution in [2.24, 2.45) is 5.92 Å². The van der Waals surface area contributed by atoms with Crippen LogP contribution in [0.5, 0.6) is 0 Å². The molecule has 21 heavy (non-hydrogen) atoms. The molecule has 1 fully saturated rings. The summed E-state index contributed by atoms with van der Waals surface area (Å²) < 4.78 is 26.7.